The summed E-state index contributed by atoms with van der Waals surface area (Å²) in [5.74, 6) is -7.91. The van der Waals surface area contributed by atoms with Gasteiger partial charge in [0, 0.05) is 29.8 Å². The molecule has 7 rings (SSSR count). The van der Waals surface area contributed by atoms with Crippen LogP contribution in [0.3, 0.4) is 0 Å². The van der Waals surface area contributed by atoms with E-state index >= 15 is 0 Å². The number of benzene rings is 4. The molecule has 18 nitrogen and oxygen atoms in total. The summed E-state index contributed by atoms with van der Waals surface area (Å²) in [7, 11) is -2.38. The van der Waals surface area contributed by atoms with Crippen molar-refractivity contribution in [3.8, 4) is 28.7 Å². The van der Waals surface area contributed by atoms with Crippen LogP contribution in [0.4, 0.5) is 0 Å². The van der Waals surface area contributed by atoms with Gasteiger partial charge in [-0.05, 0) is 69.3 Å². The maximum atomic E-state index is 12.9. The second-order valence-electron chi connectivity index (χ2n) is 14.4. The van der Waals surface area contributed by atoms with Crippen LogP contribution in [0.15, 0.2) is 78.9 Å². The Balaban J connectivity index is 0.000000222. The Labute approximate surface area is 355 Å². The van der Waals surface area contributed by atoms with E-state index in [1.54, 1.807) is 0 Å². The lowest BCUT2D eigenvalue weighted by Crippen LogP contribution is -2.43. The molecule has 0 aromatic heterocycles. The number of aromatic hydroxyl groups is 2. The fourth-order valence-corrected chi connectivity index (χ4v) is 7.59. The quantitative estimate of drug-likeness (QED) is 0.0350. The van der Waals surface area contributed by atoms with Crippen molar-refractivity contribution in [2.75, 3.05) is 7.05 Å². The van der Waals surface area contributed by atoms with Crippen molar-refractivity contribution in [2.45, 2.75) is 70.4 Å². The average molecular weight is 878 g/mol. The Morgan fingerprint density at radius 1 is 0.871 bits per heavy atom. The number of fused-ring (bicyclic) bond motifs is 4. The lowest BCUT2D eigenvalue weighted by molar-refractivity contribution is -0.139. The third-order valence-electron chi connectivity index (χ3n) is 10.5. The topological polar surface area (TPSA) is 281 Å². The van der Waals surface area contributed by atoms with E-state index in [1.807, 2.05) is 0 Å². The number of hydrogen-bond donors (Lipinski definition) is 6. The number of carboxylic acids is 2. The second-order valence-corrected chi connectivity index (χ2v) is 15.3. The molecule has 0 saturated carbocycles. The van der Waals surface area contributed by atoms with E-state index < -0.39 is 80.6 Å². The number of aryl methyl sites for hydroxylation is 1. The molecule has 2 unspecified atom stereocenters. The molecule has 2 saturated heterocycles. The number of carbonyl (C=O) groups is 5. The number of aromatic carboxylic acids is 1. The molecule has 6 N–H and O–H groups in total. The molecule has 0 amide bonds. The highest BCUT2D eigenvalue weighted by molar-refractivity contribution is 7.79. The maximum absolute atomic E-state index is 12.9. The van der Waals surface area contributed by atoms with Crippen LogP contribution in [0.1, 0.15) is 90.7 Å². The zero-order valence-corrected chi connectivity index (χ0v) is 34.3. The minimum absolute atomic E-state index is 0.0465. The van der Waals surface area contributed by atoms with Gasteiger partial charge in [-0.25, -0.2) is 19.2 Å². The van der Waals surface area contributed by atoms with E-state index in [1.165, 1.54) is 50.7 Å². The van der Waals surface area contributed by atoms with Gasteiger partial charge in [0.2, 0.25) is 0 Å². The van der Waals surface area contributed by atoms with Crippen molar-refractivity contribution in [1.82, 2.24) is 4.90 Å². The van der Waals surface area contributed by atoms with Crippen LogP contribution in [0.25, 0.3) is 0 Å². The molecular weight excluding hydrogens is 835 g/mol. The molecule has 0 radical (unpaired) electrons. The van der Waals surface area contributed by atoms with Crippen molar-refractivity contribution >= 4 is 40.6 Å². The first-order valence-corrected chi connectivity index (χ1v) is 20.3. The summed E-state index contributed by atoms with van der Waals surface area (Å²) < 4.78 is 54.2. The van der Waals surface area contributed by atoms with Gasteiger partial charge in [0.25, 0.3) is 0 Å². The predicted octanol–water partition coefficient (Wildman–Crippen LogP) is 6.00. The lowest BCUT2D eigenvalue weighted by Gasteiger charge is -2.38. The zero-order valence-electron chi connectivity index (χ0n) is 33.5. The predicted molar refractivity (Wildman–Crippen MR) is 217 cm³/mol. The summed E-state index contributed by atoms with van der Waals surface area (Å²) in [6.07, 6.45) is 6.73. The third-order valence-corrected chi connectivity index (χ3v) is 10.5. The Bertz CT molecular complexity index is 2430. The number of esters is 2. The molecule has 3 aliphatic heterocycles. The molecule has 0 spiro atoms. The first kappa shape index (κ1) is 46.4. The second kappa shape index (κ2) is 19.8. The molecule has 19 heteroatoms. The fraction of sp³-hybridized carbons (Fsp3) is 0.279. The number of ether oxygens (including phenoxy) is 4. The normalized spacial score (nSPS) is 17.8. The summed E-state index contributed by atoms with van der Waals surface area (Å²) >= 11 is 0. The Morgan fingerprint density at radius 2 is 1.42 bits per heavy atom. The third kappa shape index (κ3) is 11.2. The molecule has 4 aromatic carbocycles. The van der Waals surface area contributed by atoms with Gasteiger partial charge in [-0.1, -0.05) is 60.7 Å². The van der Waals surface area contributed by atoms with Gasteiger partial charge in [-0.3, -0.25) is 13.9 Å². The van der Waals surface area contributed by atoms with Crippen LogP contribution in [-0.4, -0.2) is 98.2 Å². The van der Waals surface area contributed by atoms with Crippen LogP contribution in [0, 0.1) is 13.8 Å². The number of phenols is 2. The average Bonchev–Trinajstić information content (AvgIpc) is 3.33. The molecule has 0 aliphatic carbocycles. The minimum Gasteiger partial charge on any atom is -0.507 e. The van der Waals surface area contributed by atoms with Gasteiger partial charge < -0.3 is 44.3 Å². The van der Waals surface area contributed by atoms with Crippen LogP contribution < -0.4 is 9.47 Å². The summed E-state index contributed by atoms with van der Waals surface area (Å²) in [5, 5.41) is 38.9. The summed E-state index contributed by atoms with van der Waals surface area (Å²) in [6, 6.07) is 23.8. The summed E-state index contributed by atoms with van der Waals surface area (Å²) in [6.45, 7) is 1.83. The SMILES string of the molecule is CN1C2CCC1CC(OC(c1ccccc1)c1ccccc1)C2.Cc1cc(O)c(C=O)c2c1C(=O)Oc1c(COC(=O)C=CC(=O)O)c(O)c(C(=O)O)c(C)c1O2.O=S(=O)(O)O. The Kier molecular flexibility index (Phi) is 14.8. The number of carbonyl (C=O) groups excluding carboxylic acids is 3. The van der Waals surface area contributed by atoms with Crippen LogP contribution in [0.5, 0.6) is 28.7 Å². The van der Waals surface area contributed by atoms with E-state index in [9.17, 15) is 39.3 Å². The smallest absolute Gasteiger partial charge is 0.394 e. The highest BCUT2D eigenvalue weighted by Gasteiger charge is 2.40. The Hall–Kier alpha value is -6.64. The first-order chi connectivity index (χ1) is 29.3. The van der Waals surface area contributed by atoms with E-state index in [-0.39, 0.29) is 34.8 Å². The molecule has 3 heterocycles. The molecular formula is C43H43NO17S. The summed E-state index contributed by atoms with van der Waals surface area (Å²) in [5.41, 5.74) is 0.707. The lowest BCUT2D eigenvalue weighted by atomic mass is 9.97. The van der Waals surface area contributed by atoms with Gasteiger partial charge in [0.1, 0.15) is 35.3 Å². The van der Waals surface area contributed by atoms with E-state index in [0.717, 1.165) is 6.07 Å². The monoisotopic (exact) mass is 877 g/mol. The van der Waals surface area contributed by atoms with Crippen molar-refractivity contribution in [3.63, 3.8) is 0 Å². The highest BCUT2D eigenvalue weighted by atomic mass is 32.3. The molecule has 62 heavy (non-hydrogen) atoms. The number of aliphatic carboxylic acids is 1. The number of phenolic OH excluding ortho intramolecular Hbond substituents is 1. The van der Waals surface area contributed by atoms with E-state index in [4.69, 9.17) is 41.6 Å². The zero-order chi connectivity index (χ0) is 45.5. The number of carboxylic acid groups (broad SMARTS) is 2. The van der Waals surface area contributed by atoms with Crippen molar-refractivity contribution in [1.29, 1.82) is 0 Å². The van der Waals surface area contributed by atoms with Gasteiger partial charge in [0.05, 0.1) is 17.2 Å². The number of hydrogen-bond acceptors (Lipinski definition) is 14. The highest BCUT2D eigenvalue weighted by Crippen LogP contribution is 2.50. The van der Waals surface area contributed by atoms with E-state index in [2.05, 4.69) is 72.6 Å². The molecule has 328 valence electrons. The number of piperidine rings is 1. The molecule has 4 aromatic rings. The van der Waals surface area contributed by atoms with Crippen molar-refractivity contribution in [2.24, 2.45) is 0 Å². The van der Waals surface area contributed by atoms with E-state index in [0.29, 0.717) is 30.3 Å². The molecule has 2 atom stereocenters. The van der Waals surface area contributed by atoms with Crippen LogP contribution in [0.2, 0.25) is 0 Å². The molecule has 2 bridgehead atoms. The molecule has 3 aliphatic rings. The van der Waals surface area contributed by atoms with Crippen LogP contribution >= 0.6 is 0 Å². The number of aldehydes is 1. The maximum Gasteiger partial charge on any atom is 0.394 e. The van der Waals surface area contributed by atoms with Gasteiger partial charge in [-0.2, -0.15) is 8.42 Å². The fourth-order valence-electron chi connectivity index (χ4n) is 7.59. The standard InChI is InChI=1S/C22H16O12.C21H25NO.H2O4S/c1-8-5-12(24)10(6-23)19-15(8)22(31)34-20-11(7-32-14(27)4-3-13(25)26)17(28)16(21(29)30)9(2)18(20)33-19;1-22-18-12-13-19(22)15-20(14-18)23-21(16-8-4-2-5-9-16)17-10-6-3-7-11-17;1-5(2,3)4/h3-6,24,28H,7H2,1-2H3,(H,25,26)(H,29,30);2-11,18-21H,12-15H2,1H3;(H2,1,2,3,4). The van der Waals surface area contributed by atoms with Crippen molar-refractivity contribution in [3.05, 3.63) is 123 Å². The molecule has 2 fully saturated rings. The number of rotatable bonds is 10. The summed E-state index contributed by atoms with van der Waals surface area (Å²) in [4.78, 5) is 61.2. The van der Waals surface area contributed by atoms with Crippen LogP contribution in [-0.2, 0) is 36.1 Å². The van der Waals surface area contributed by atoms with Crippen molar-refractivity contribution < 1.29 is 80.9 Å². The van der Waals surface area contributed by atoms with Gasteiger partial charge in [0.15, 0.2) is 23.5 Å². The minimum atomic E-state index is -4.67. The van der Waals surface area contributed by atoms with Gasteiger partial charge >= 0.3 is 34.3 Å². The largest absolute Gasteiger partial charge is 0.507 e. The first-order valence-electron chi connectivity index (χ1n) is 18.9. The number of nitrogens with zero attached hydrogens (tertiary/aromatic N) is 1. The van der Waals surface area contributed by atoms with Gasteiger partial charge in [-0.15, -0.1) is 0 Å². The Morgan fingerprint density at radius 3 is 1.92 bits per heavy atom.